The van der Waals surface area contributed by atoms with Crippen molar-refractivity contribution in [2.45, 2.75) is 111 Å². The average molecular weight is 476 g/mol. The highest BCUT2D eigenvalue weighted by Gasteiger charge is 2.23. The van der Waals surface area contributed by atoms with Gasteiger partial charge in [0.25, 0.3) is 0 Å². The minimum atomic E-state index is 0.639. The fourth-order valence-electron chi connectivity index (χ4n) is 4.23. The van der Waals surface area contributed by atoms with E-state index in [1.807, 2.05) is 6.07 Å². The largest absolute Gasteiger partial charge is 0.491 e. The topological polar surface area (TPSA) is 61.4 Å². The van der Waals surface area contributed by atoms with Crippen molar-refractivity contribution in [3.05, 3.63) is 12.1 Å². The zero-order valence-electron chi connectivity index (χ0n) is 21.5. The first-order valence-corrected chi connectivity index (χ1v) is 14.2. The van der Waals surface area contributed by atoms with Gasteiger partial charge in [0.2, 0.25) is 0 Å². The van der Waals surface area contributed by atoms with Crippen LogP contribution in [0.1, 0.15) is 105 Å². The number of hydrogen-bond acceptors (Lipinski definition) is 5. The molecule has 0 aliphatic heterocycles. The van der Waals surface area contributed by atoms with E-state index in [1.165, 1.54) is 86.0 Å². The SMILES string of the molecule is CCCCCCCCOc1cc2c(cc1N=N)sc(NCCCC)[n+]2CC(CC)CCCC. The summed E-state index contributed by atoms with van der Waals surface area (Å²) < 4.78 is 9.80. The van der Waals surface area contributed by atoms with Gasteiger partial charge in [0.15, 0.2) is 5.75 Å². The monoisotopic (exact) mass is 475 g/mol. The van der Waals surface area contributed by atoms with Gasteiger partial charge in [-0.25, -0.2) is 10.1 Å². The molecule has 1 atom stereocenters. The number of ether oxygens (including phenoxy) is 1. The summed E-state index contributed by atoms with van der Waals surface area (Å²) in [6.07, 6.45) is 14.8. The van der Waals surface area contributed by atoms with Crippen LogP contribution in [0.5, 0.6) is 5.75 Å². The summed E-state index contributed by atoms with van der Waals surface area (Å²) in [5, 5.41) is 8.70. The molecule has 5 nitrogen and oxygen atoms in total. The van der Waals surface area contributed by atoms with Gasteiger partial charge < -0.3 is 4.74 Å². The van der Waals surface area contributed by atoms with E-state index >= 15 is 0 Å². The summed E-state index contributed by atoms with van der Waals surface area (Å²) >= 11 is 1.78. The maximum atomic E-state index is 7.69. The third-order valence-electron chi connectivity index (χ3n) is 6.45. The molecule has 1 unspecified atom stereocenters. The predicted molar refractivity (Wildman–Crippen MR) is 142 cm³/mol. The molecular weight excluding hydrogens is 428 g/mol. The van der Waals surface area contributed by atoms with Crippen molar-refractivity contribution >= 4 is 32.4 Å². The summed E-state index contributed by atoms with van der Waals surface area (Å²) in [6, 6.07) is 4.17. The second kappa shape index (κ2) is 16.0. The van der Waals surface area contributed by atoms with E-state index in [2.05, 4.69) is 48.8 Å². The molecule has 0 saturated heterocycles. The highest BCUT2D eigenvalue weighted by molar-refractivity contribution is 7.21. The molecule has 1 aromatic carbocycles. The second-order valence-corrected chi connectivity index (χ2v) is 10.3. The van der Waals surface area contributed by atoms with Crippen molar-refractivity contribution in [2.24, 2.45) is 11.0 Å². The molecule has 1 aromatic heterocycles. The molecule has 0 fully saturated rings. The minimum absolute atomic E-state index is 0.639. The summed E-state index contributed by atoms with van der Waals surface area (Å²) in [6.45, 7) is 11.8. The molecule has 0 spiro atoms. The summed E-state index contributed by atoms with van der Waals surface area (Å²) in [7, 11) is 0. The van der Waals surface area contributed by atoms with E-state index < -0.39 is 0 Å². The fraction of sp³-hybridized carbons (Fsp3) is 0.741. The molecule has 0 aliphatic rings. The van der Waals surface area contributed by atoms with Gasteiger partial charge in [-0.1, -0.05) is 79.1 Å². The first-order valence-electron chi connectivity index (χ1n) is 13.4. The normalized spacial score (nSPS) is 12.2. The molecule has 186 valence electrons. The number of aromatic nitrogens is 1. The van der Waals surface area contributed by atoms with Crippen molar-refractivity contribution < 1.29 is 9.30 Å². The Bertz CT molecular complexity index is 820. The standard InChI is InChI=1S/C27H46N4OS/c1-5-9-12-13-14-15-18-32-25-20-24-26(19-23(25)30-28)33-27(29-17-11-7-3)31(24)21-22(8-4)16-10-6-2/h19-20,22,28H,5-18,21H2,1-4H3/p+1. The zero-order valence-corrected chi connectivity index (χ0v) is 22.4. The Morgan fingerprint density at radius 3 is 2.39 bits per heavy atom. The van der Waals surface area contributed by atoms with E-state index in [-0.39, 0.29) is 0 Å². The third-order valence-corrected chi connectivity index (χ3v) is 7.55. The first kappa shape index (κ1) is 27.6. The van der Waals surface area contributed by atoms with Gasteiger partial charge in [-0.2, -0.15) is 5.11 Å². The van der Waals surface area contributed by atoms with Crippen LogP contribution < -0.4 is 14.6 Å². The predicted octanol–water partition coefficient (Wildman–Crippen LogP) is 9.02. The number of nitrogens with zero attached hydrogens (tertiary/aromatic N) is 2. The number of anilines is 1. The molecule has 0 aliphatic carbocycles. The number of hydrogen-bond donors (Lipinski definition) is 2. The molecule has 33 heavy (non-hydrogen) atoms. The Hall–Kier alpha value is -1.69. The van der Waals surface area contributed by atoms with Crippen LogP contribution in [0, 0.1) is 11.4 Å². The van der Waals surface area contributed by atoms with E-state index in [9.17, 15) is 0 Å². The number of unbranched alkanes of at least 4 members (excludes halogenated alkanes) is 7. The van der Waals surface area contributed by atoms with E-state index in [4.69, 9.17) is 10.3 Å². The van der Waals surface area contributed by atoms with Crippen LogP contribution in [-0.4, -0.2) is 13.2 Å². The number of thiazole rings is 1. The molecule has 2 aromatic rings. The Morgan fingerprint density at radius 2 is 1.70 bits per heavy atom. The highest BCUT2D eigenvalue weighted by atomic mass is 32.1. The molecule has 0 bridgehead atoms. The second-order valence-electron chi connectivity index (χ2n) is 9.23. The van der Waals surface area contributed by atoms with Gasteiger partial charge in [0.1, 0.15) is 11.2 Å². The smallest absolute Gasteiger partial charge is 0.334 e. The summed E-state index contributed by atoms with van der Waals surface area (Å²) in [5.74, 6) is 1.42. The molecule has 1 heterocycles. The minimum Gasteiger partial charge on any atom is -0.491 e. The Kier molecular flexibility index (Phi) is 13.4. The zero-order chi connectivity index (χ0) is 23.9. The molecule has 0 radical (unpaired) electrons. The molecular formula is C27H47N4OS+. The Labute approximate surface area is 205 Å². The van der Waals surface area contributed by atoms with Crippen LogP contribution in [0.3, 0.4) is 0 Å². The van der Waals surface area contributed by atoms with Gasteiger partial charge in [-0.05, 0) is 49.0 Å². The Morgan fingerprint density at radius 1 is 0.970 bits per heavy atom. The molecule has 0 amide bonds. The lowest BCUT2D eigenvalue weighted by atomic mass is 9.99. The number of rotatable bonds is 19. The average Bonchev–Trinajstić information content (AvgIpc) is 3.16. The Balaban J connectivity index is 2.23. The van der Waals surface area contributed by atoms with Gasteiger partial charge in [0, 0.05) is 6.07 Å². The van der Waals surface area contributed by atoms with Crippen molar-refractivity contribution in [3.63, 3.8) is 0 Å². The lowest BCUT2D eigenvalue weighted by Crippen LogP contribution is -2.39. The van der Waals surface area contributed by atoms with E-state index in [0.717, 1.165) is 25.3 Å². The quantitative estimate of drug-likeness (QED) is 0.121. The molecule has 0 saturated carbocycles. The van der Waals surface area contributed by atoms with Crippen molar-refractivity contribution in [2.75, 3.05) is 18.5 Å². The molecule has 6 heteroatoms. The number of benzene rings is 1. The third kappa shape index (κ3) is 8.88. The summed E-state index contributed by atoms with van der Waals surface area (Å²) in [4.78, 5) is 0. The van der Waals surface area contributed by atoms with Gasteiger partial charge in [0.05, 0.1) is 24.4 Å². The molecule has 2 rings (SSSR count). The first-order chi connectivity index (χ1) is 16.2. The van der Waals surface area contributed by atoms with E-state index in [1.54, 1.807) is 11.3 Å². The maximum Gasteiger partial charge on any atom is 0.334 e. The fourth-order valence-corrected chi connectivity index (χ4v) is 5.34. The van der Waals surface area contributed by atoms with Crippen LogP contribution in [-0.2, 0) is 6.54 Å². The van der Waals surface area contributed by atoms with E-state index in [0.29, 0.717) is 18.2 Å². The lowest BCUT2D eigenvalue weighted by molar-refractivity contribution is -0.661. The van der Waals surface area contributed by atoms with Crippen molar-refractivity contribution in [1.29, 1.82) is 5.53 Å². The lowest BCUT2D eigenvalue weighted by Gasteiger charge is -2.14. The highest BCUT2D eigenvalue weighted by Crippen LogP contribution is 2.36. The molecule has 2 N–H and O–H groups in total. The van der Waals surface area contributed by atoms with Gasteiger partial charge in [-0.15, -0.1) is 0 Å². The van der Waals surface area contributed by atoms with Crippen LogP contribution in [0.15, 0.2) is 17.2 Å². The van der Waals surface area contributed by atoms with Crippen molar-refractivity contribution in [3.8, 4) is 5.75 Å². The maximum absolute atomic E-state index is 7.69. The van der Waals surface area contributed by atoms with Crippen LogP contribution in [0.2, 0.25) is 0 Å². The van der Waals surface area contributed by atoms with Gasteiger partial charge >= 0.3 is 5.13 Å². The number of nitrogens with one attached hydrogen (secondary N) is 2. The van der Waals surface area contributed by atoms with Crippen LogP contribution in [0.25, 0.3) is 10.2 Å². The van der Waals surface area contributed by atoms with Crippen molar-refractivity contribution in [1.82, 2.24) is 0 Å². The van der Waals surface area contributed by atoms with Gasteiger partial charge in [-0.3, -0.25) is 5.32 Å². The number of fused-ring (bicyclic) bond motifs is 1. The van der Waals surface area contributed by atoms with Crippen LogP contribution >= 0.6 is 11.3 Å². The summed E-state index contributed by atoms with van der Waals surface area (Å²) in [5.41, 5.74) is 9.54. The van der Waals surface area contributed by atoms with Crippen LogP contribution in [0.4, 0.5) is 10.8 Å².